The number of nitrogens with two attached hydrogens (primary N) is 1. The molecule has 0 bridgehead atoms. The van der Waals surface area contributed by atoms with Crippen LogP contribution in [0.1, 0.15) is 25.0 Å². The van der Waals surface area contributed by atoms with Crippen LogP contribution < -0.4 is 5.73 Å². The van der Waals surface area contributed by atoms with Crippen LogP contribution in [0.15, 0.2) is 24.3 Å². The molecule has 3 heteroatoms. The van der Waals surface area contributed by atoms with Crippen molar-refractivity contribution in [2.24, 2.45) is 5.73 Å². The monoisotopic (exact) mass is 250 g/mol. The lowest BCUT2D eigenvalue weighted by molar-refractivity contribution is 0.263. The molecule has 2 N–H and O–H groups in total. The SMILES string of the molecule is CC1CN(Cc2cccc(CN)c2)CC(C)S1. The molecule has 1 fully saturated rings. The molecule has 0 spiro atoms. The van der Waals surface area contributed by atoms with Crippen molar-refractivity contribution in [3.8, 4) is 0 Å². The van der Waals surface area contributed by atoms with Gasteiger partial charge in [-0.2, -0.15) is 11.8 Å². The summed E-state index contributed by atoms with van der Waals surface area (Å²) in [6.45, 7) is 8.73. The first-order valence-electron chi connectivity index (χ1n) is 6.33. The summed E-state index contributed by atoms with van der Waals surface area (Å²) in [6.07, 6.45) is 0. The molecule has 0 amide bonds. The van der Waals surface area contributed by atoms with Crippen molar-refractivity contribution in [1.29, 1.82) is 0 Å². The van der Waals surface area contributed by atoms with Gasteiger partial charge in [-0.05, 0) is 11.1 Å². The Bertz CT molecular complexity index is 357. The van der Waals surface area contributed by atoms with Crippen LogP contribution in [0, 0.1) is 0 Å². The molecule has 1 heterocycles. The standard InChI is InChI=1S/C14H22N2S/c1-11-8-16(9-12(2)17-11)10-14-5-3-4-13(6-14)7-15/h3-6,11-12H,7-10,15H2,1-2H3. The van der Waals surface area contributed by atoms with E-state index in [-0.39, 0.29) is 0 Å². The summed E-state index contributed by atoms with van der Waals surface area (Å²) in [5, 5.41) is 1.49. The van der Waals surface area contributed by atoms with Gasteiger partial charge in [0, 0.05) is 36.7 Å². The van der Waals surface area contributed by atoms with Crippen LogP contribution >= 0.6 is 11.8 Å². The van der Waals surface area contributed by atoms with Gasteiger partial charge in [0.1, 0.15) is 0 Å². The highest BCUT2D eigenvalue weighted by molar-refractivity contribution is 8.00. The molecule has 1 aliphatic heterocycles. The van der Waals surface area contributed by atoms with E-state index in [2.05, 4.69) is 54.8 Å². The molecule has 1 aromatic carbocycles. The number of benzene rings is 1. The summed E-state index contributed by atoms with van der Waals surface area (Å²) in [5.41, 5.74) is 8.30. The molecule has 1 aliphatic rings. The molecule has 17 heavy (non-hydrogen) atoms. The molecule has 0 radical (unpaired) electrons. The summed E-state index contributed by atoms with van der Waals surface area (Å²) < 4.78 is 0. The predicted molar refractivity (Wildman–Crippen MR) is 76.1 cm³/mol. The van der Waals surface area contributed by atoms with Crippen LogP contribution in [0.25, 0.3) is 0 Å². The van der Waals surface area contributed by atoms with Gasteiger partial charge in [-0.15, -0.1) is 0 Å². The van der Waals surface area contributed by atoms with Gasteiger partial charge < -0.3 is 5.73 Å². The van der Waals surface area contributed by atoms with Crippen molar-refractivity contribution in [2.75, 3.05) is 13.1 Å². The smallest absolute Gasteiger partial charge is 0.0234 e. The van der Waals surface area contributed by atoms with Crippen LogP contribution in [-0.2, 0) is 13.1 Å². The van der Waals surface area contributed by atoms with Crippen LogP contribution in [0.2, 0.25) is 0 Å². The lowest BCUT2D eigenvalue weighted by Crippen LogP contribution is -2.39. The van der Waals surface area contributed by atoms with Crippen molar-refractivity contribution >= 4 is 11.8 Å². The maximum absolute atomic E-state index is 5.68. The molecular weight excluding hydrogens is 228 g/mol. The quantitative estimate of drug-likeness (QED) is 0.893. The lowest BCUT2D eigenvalue weighted by Gasteiger charge is -2.34. The molecule has 2 rings (SSSR count). The Balaban J connectivity index is 1.99. The number of nitrogens with zero attached hydrogens (tertiary/aromatic N) is 1. The molecule has 0 aliphatic carbocycles. The van der Waals surface area contributed by atoms with Crippen molar-refractivity contribution in [1.82, 2.24) is 4.90 Å². The van der Waals surface area contributed by atoms with Gasteiger partial charge >= 0.3 is 0 Å². The van der Waals surface area contributed by atoms with E-state index in [4.69, 9.17) is 5.73 Å². The van der Waals surface area contributed by atoms with Gasteiger partial charge in [-0.3, -0.25) is 4.90 Å². The highest BCUT2D eigenvalue weighted by Gasteiger charge is 2.21. The third-order valence-electron chi connectivity index (χ3n) is 3.13. The van der Waals surface area contributed by atoms with Gasteiger partial charge in [0.15, 0.2) is 0 Å². The topological polar surface area (TPSA) is 29.3 Å². The second-order valence-electron chi connectivity index (χ2n) is 4.98. The summed E-state index contributed by atoms with van der Waals surface area (Å²) in [7, 11) is 0. The Labute approximate surface area is 109 Å². The summed E-state index contributed by atoms with van der Waals surface area (Å²) >= 11 is 2.10. The van der Waals surface area contributed by atoms with Crippen LogP contribution in [-0.4, -0.2) is 28.5 Å². The second-order valence-corrected chi connectivity index (χ2v) is 6.86. The lowest BCUT2D eigenvalue weighted by atomic mass is 10.1. The fourth-order valence-electron chi connectivity index (χ4n) is 2.53. The Morgan fingerprint density at radius 2 is 1.88 bits per heavy atom. The minimum atomic E-state index is 0.635. The first kappa shape index (κ1) is 12.9. The van der Waals surface area contributed by atoms with Gasteiger partial charge in [-0.25, -0.2) is 0 Å². The van der Waals surface area contributed by atoms with E-state index in [9.17, 15) is 0 Å². The van der Waals surface area contributed by atoms with E-state index in [1.807, 2.05) is 0 Å². The Hall–Kier alpha value is -0.510. The maximum atomic E-state index is 5.68. The first-order valence-corrected chi connectivity index (χ1v) is 7.27. The van der Waals surface area contributed by atoms with E-state index >= 15 is 0 Å². The normalized spacial score (nSPS) is 26.1. The minimum Gasteiger partial charge on any atom is -0.326 e. The molecule has 0 aromatic heterocycles. The van der Waals surface area contributed by atoms with Gasteiger partial charge in [0.2, 0.25) is 0 Å². The number of hydrogen-bond acceptors (Lipinski definition) is 3. The van der Waals surface area contributed by atoms with Crippen molar-refractivity contribution in [3.05, 3.63) is 35.4 Å². The van der Waals surface area contributed by atoms with E-state index in [1.54, 1.807) is 0 Å². The molecule has 1 aromatic rings. The molecule has 0 saturated carbocycles. The summed E-state index contributed by atoms with van der Waals surface area (Å²) in [5.74, 6) is 0. The Morgan fingerprint density at radius 1 is 1.24 bits per heavy atom. The number of rotatable bonds is 3. The van der Waals surface area contributed by atoms with E-state index in [0.717, 1.165) is 17.0 Å². The van der Waals surface area contributed by atoms with E-state index in [0.29, 0.717) is 6.54 Å². The minimum absolute atomic E-state index is 0.635. The highest BCUT2D eigenvalue weighted by Crippen LogP contribution is 2.25. The van der Waals surface area contributed by atoms with Gasteiger partial charge in [0.25, 0.3) is 0 Å². The van der Waals surface area contributed by atoms with Crippen LogP contribution in [0.4, 0.5) is 0 Å². The van der Waals surface area contributed by atoms with Crippen LogP contribution in [0.5, 0.6) is 0 Å². The third-order valence-corrected chi connectivity index (χ3v) is 4.36. The fourth-order valence-corrected chi connectivity index (χ4v) is 3.91. The Morgan fingerprint density at radius 3 is 2.53 bits per heavy atom. The maximum Gasteiger partial charge on any atom is 0.0234 e. The molecule has 1 saturated heterocycles. The molecule has 94 valence electrons. The fraction of sp³-hybridized carbons (Fsp3) is 0.571. The largest absolute Gasteiger partial charge is 0.326 e. The van der Waals surface area contributed by atoms with Gasteiger partial charge in [-0.1, -0.05) is 38.1 Å². The Kier molecular flexibility index (Phi) is 4.48. The van der Waals surface area contributed by atoms with Crippen molar-refractivity contribution < 1.29 is 0 Å². The van der Waals surface area contributed by atoms with Gasteiger partial charge in [0.05, 0.1) is 0 Å². The van der Waals surface area contributed by atoms with Crippen molar-refractivity contribution in [2.45, 2.75) is 37.4 Å². The highest BCUT2D eigenvalue weighted by atomic mass is 32.2. The number of hydrogen-bond donors (Lipinski definition) is 1. The van der Waals surface area contributed by atoms with E-state index < -0.39 is 0 Å². The molecule has 2 atom stereocenters. The average Bonchev–Trinajstić information content (AvgIpc) is 2.28. The first-order chi connectivity index (χ1) is 8.17. The third kappa shape index (κ3) is 3.73. The molecule has 2 nitrogen and oxygen atoms in total. The molecular formula is C14H22N2S. The zero-order valence-electron chi connectivity index (χ0n) is 10.7. The van der Waals surface area contributed by atoms with E-state index in [1.165, 1.54) is 24.2 Å². The average molecular weight is 250 g/mol. The van der Waals surface area contributed by atoms with Crippen LogP contribution in [0.3, 0.4) is 0 Å². The number of thioether (sulfide) groups is 1. The zero-order valence-corrected chi connectivity index (χ0v) is 11.5. The summed E-state index contributed by atoms with van der Waals surface area (Å²) in [4.78, 5) is 2.56. The molecule has 2 unspecified atom stereocenters. The predicted octanol–water partition coefficient (Wildman–Crippen LogP) is 2.47. The van der Waals surface area contributed by atoms with Crippen molar-refractivity contribution in [3.63, 3.8) is 0 Å². The summed E-state index contributed by atoms with van der Waals surface area (Å²) in [6, 6.07) is 8.65. The zero-order chi connectivity index (χ0) is 12.3. The second kappa shape index (κ2) is 5.89.